The lowest BCUT2D eigenvalue weighted by atomic mass is 10.1. The van der Waals surface area contributed by atoms with Crippen molar-refractivity contribution in [3.8, 4) is 0 Å². The normalized spacial score (nSPS) is 11.5. The zero-order valence-corrected chi connectivity index (χ0v) is 24.2. The molecule has 4 nitrogen and oxygen atoms in total. The Balaban J connectivity index is 1.46. The van der Waals surface area contributed by atoms with Gasteiger partial charge in [-0.1, -0.05) is 117 Å². The SMILES string of the molecule is CCCCCCCCCCCC[n+]1ccn(CCn2cc[n+](CCCCCCCCCCCC)c2)c1. The van der Waals surface area contributed by atoms with Crippen LogP contribution in [-0.4, -0.2) is 9.13 Å². The topological polar surface area (TPSA) is 17.6 Å². The van der Waals surface area contributed by atoms with E-state index in [2.05, 4.69) is 69.6 Å². The molecule has 36 heavy (non-hydrogen) atoms. The number of rotatable bonds is 25. The van der Waals surface area contributed by atoms with E-state index in [-0.39, 0.29) is 0 Å². The highest BCUT2D eigenvalue weighted by Gasteiger charge is 2.08. The van der Waals surface area contributed by atoms with Gasteiger partial charge >= 0.3 is 0 Å². The summed E-state index contributed by atoms with van der Waals surface area (Å²) < 4.78 is 9.41. The Labute approximate surface area is 224 Å². The van der Waals surface area contributed by atoms with Crippen molar-refractivity contribution >= 4 is 0 Å². The van der Waals surface area contributed by atoms with Gasteiger partial charge in [0.25, 0.3) is 0 Å². The van der Waals surface area contributed by atoms with Crippen LogP contribution in [0.5, 0.6) is 0 Å². The van der Waals surface area contributed by atoms with Crippen molar-refractivity contribution in [1.29, 1.82) is 0 Å². The maximum absolute atomic E-state index is 2.37. The molecule has 2 heterocycles. The predicted octanol–water partition coefficient (Wildman–Crippen LogP) is 8.41. The van der Waals surface area contributed by atoms with Gasteiger partial charge in [-0.05, 0) is 25.7 Å². The van der Waals surface area contributed by atoms with E-state index in [9.17, 15) is 0 Å². The summed E-state index contributed by atoms with van der Waals surface area (Å²) in [6.07, 6.45) is 41.6. The largest absolute Gasteiger partial charge is 0.243 e. The first kappa shape index (κ1) is 30.6. The minimum Gasteiger partial charge on any atom is -0.237 e. The number of aryl methyl sites for hydroxylation is 4. The first-order chi connectivity index (χ1) is 17.8. The van der Waals surface area contributed by atoms with Crippen molar-refractivity contribution in [2.75, 3.05) is 0 Å². The van der Waals surface area contributed by atoms with Gasteiger partial charge in [-0.2, -0.15) is 0 Å². The van der Waals surface area contributed by atoms with Crippen molar-refractivity contribution < 1.29 is 9.13 Å². The second kappa shape index (κ2) is 21.5. The summed E-state index contributed by atoms with van der Waals surface area (Å²) in [6.45, 7) is 8.99. The Kier molecular flexibility index (Phi) is 18.3. The van der Waals surface area contributed by atoms with E-state index in [4.69, 9.17) is 0 Å². The molecule has 0 unspecified atom stereocenters. The molecule has 2 aromatic heterocycles. The van der Waals surface area contributed by atoms with E-state index in [1.807, 2.05) is 0 Å². The number of hydrogen-bond donors (Lipinski definition) is 0. The minimum atomic E-state index is 1.04. The number of aromatic nitrogens is 4. The fourth-order valence-corrected chi connectivity index (χ4v) is 5.20. The van der Waals surface area contributed by atoms with Crippen LogP contribution in [0.25, 0.3) is 0 Å². The van der Waals surface area contributed by atoms with Crippen LogP contribution in [0, 0.1) is 0 Å². The summed E-state index contributed by atoms with van der Waals surface area (Å²) in [4.78, 5) is 0. The Morgan fingerprint density at radius 3 is 1.06 bits per heavy atom. The van der Waals surface area contributed by atoms with Gasteiger partial charge in [-0.3, -0.25) is 0 Å². The number of nitrogens with zero attached hydrogens (tertiary/aromatic N) is 4. The molecule has 2 aromatic rings. The molecule has 0 bridgehead atoms. The maximum Gasteiger partial charge on any atom is 0.243 e. The third kappa shape index (κ3) is 15.5. The Hall–Kier alpha value is -1.58. The number of imidazole rings is 2. The van der Waals surface area contributed by atoms with Crippen LogP contribution in [0.15, 0.2) is 37.4 Å². The van der Waals surface area contributed by atoms with Gasteiger partial charge in [0.15, 0.2) is 0 Å². The second-order valence-electron chi connectivity index (χ2n) is 11.1. The molecule has 0 aliphatic heterocycles. The standard InChI is InChI=1S/C32H60N4/c1-3-5-7-9-11-13-15-17-19-21-23-33-25-27-35(31-33)29-30-36-28-26-34(32-36)24-22-20-18-16-14-12-10-8-6-4-2/h25-28,31-32H,3-24,29-30H2,1-2H3/q+2. The van der Waals surface area contributed by atoms with E-state index in [1.54, 1.807) is 0 Å². The fraction of sp³-hybridized carbons (Fsp3) is 0.812. The van der Waals surface area contributed by atoms with Gasteiger partial charge in [0.1, 0.15) is 37.9 Å². The van der Waals surface area contributed by atoms with Gasteiger partial charge in [0.05, 0.1) is 13.1 Å². The van der Waals surface area contributed by atoms with Crippen molar-refractivity contribution in [2.24, 2.45) is 0 Å². The molecular formula is C32H60N4+2. The molecule has 206 valence electrons. The fourth-order valence-electron chi connectivity index (χ4n) is 5.20. The Bertz CT molecular complexity index is 670. The van der Waals surface area contributed by atoms with Gasteiger partial charge in [0, 0.05) is 0 Å². The molecule has 0 spiro atoms. The van der Waals surface area contributed by atoms with Crippen LogP contribution >= 0.6 is 0 Å². The van der Waals surface area contributed by atoms with Crippen molar-refractivity contribution in [3.63, 3.8) is 0 Å². The summed E-state index contributed by atoms with van der Waals surface area (Å²) in [5.74, 6) is 0. The lowest BCUT2D eigenvalue weighted by Crippen LogP contribution is -2.31. The first-order valence-corrected chi connectivity index (χ1v) is 15.9. The molecule has 0 aliphatic rings. The monoisotopic (exact) mass is 500 g/mol. The van der Waals surface area contributed by atoms with Crippen molar-refractivity contribution in [2.45, 2.75) is 168 Å². The summed E-state index contributed by atoms with van der Waals surface area (Å²) >= 11 is 0. The molecule has 0 atom stereocenters. The molecule has 0 saturated heterocycles. The van der Waals surface area contributed by atoms with E-state index >= 15 is 0 Å². The molecule has 0 saturated carbocycles. The average molecular weight is 501 g/mol. The Morgan fingerprint density at radius 1 is 0.417 bits per heavy atom. The second-order valence-corrected chi connectivity index (χ2v) is 11.1. The van der Waals surface area contributed by atoms with Gasteiger partial charge in [0.2, 0.25) is 12.7 Å². The van der Waals surface area contributed by atoms with Crippen LogP contribution in [-0.2, 0) is 26.2 Å². The predicted molar refractivity (Wildman–Crippen MR) is 153 cm³/mol. The summed E-state index contributed by atoms with van der Waals surface area (Å²) in [5, 5.41) is 0. The average Bonchev–Trinajstić information content (AvgIpc) is 3.54. The number of unbranched alkanes of at least 4 members (excludes halogenated alkanes) is 18. The Morgan fingerprint density at radius 2 is 0.722 bits per heavy atom. The molecule has 0 fully saturated rings. The van der Waals surface area contributed by atoms with Gasteiger partial charge in [-0.25, -0.2) is 18.3 Å². The van der Waals surface area contributed by atoms with Crippen molar-refractivity contribution in [3.05, 3.63) is 37.4 Å². The van der Waals surface area contributed by atoms with Crippen LogP contribution in [0.3, 0.4) is 0 Å². The third-order valence-corrected chi connectivity index (χ3v) is 7.65. The van der Waals surface area contributed by atoms with E-state index < -0.39 is 0 Å². The molecule has 0 radical (unpaired) electrons. The van der Waals surface area contributed by atoms with Gasteiger partial charge < -0.3 is 0 Å². The van der Waals surface area contributed by atoms with E-state index in [0.717, 1.165) is 26.2 Å². The molecule has 0 aliphatic carbocycles. The van der Waals surface area contributed by atoms with Crippen LogP contribution in [0.4, 0.5) is 0 Å². The quantitative estimate of drug-likeness (QED) is 0.0962. The summed E-state index contributed by atoms with van der Waals surface area (Å²) in [5.41, 5.74) is 0. The third-order valence-electron chi connectivity index (χ3n) is 7.65. The molecular weight excluding hydrogens is 440 g/mol. The van der Waals surface area contributed by atoms with Crippen LogP contribution < -0.4 is 9.13 Å². The summed E-state index contributed by atoms with van der Waals surface area (Å²) in [7, 11) is 0. The number of hydrogen-bond acceptors (Lipinski definition) is 0. The van der Waals surface area contributed by atoms with Gasteiger partial charge in [-0.15, -0.1) is 0 Å². The smallest absolute Gasteiger partial charge is 0.237 e. The zero-order chi connectivity index (χ0) is 25.5. The highest BCUT2D eigenvalue weighted by Crippen LogP contribution is 2.11. The maximum atomic E-state index is 2.37. The highest BCUT2D eigenvalue weighted by atomic mass is 15.2. The molecule has 2 rings (SSSR count). The molecule has 0 aromatic carbocycles. The van der Waals surface area contributed by atoms with E-state index in [1.165, 1.54) is 128 Å². The van der Waals surface area contributed by atoms with Crippen molar-refractivity contribution in [1.82, 2.24) is 9.13 Å². The zero-order valence-electron chi connectivity index (χ0n) is 24.2. The summed E-state index contributed by atoms with van der Waals surface area (Å²) in [6, 6.07) is 0. The minimum absolute atomic E-state index is 1.04. The van der Waals surface area contributed by atoms with E-state index in [0.29, 0.717) is 0 Å². The lowest BCUT2D eigenvalue weighted by molar-refractivity contribution is -0.697. The van der Waals surface area contributed by atoms with Crippen LogP contribution in [0.2, 0.25) is 0 Å². The lowest BCUT2D eigenvalue weighted by Gasteiger charge is -2.01. The first-order valence-electron chi connectivity index (χ1n) is 15.9. The molecule has 0 N–H and O–H groups in total. The highest BCUT2D eigenvalue weighted by molar-refractivity contribution is 4.70. The molecule has 0 amide bonds. The van der Waals surface area contributed by atoms with Crippen LogP contribution in [0.1, 0.15) is 142 Å². The molecule has 4 heteroatoms.